The van der Waals surface area contributed by atoms with Gasteiger partial charge in [-0.3, -0.25) is 0 Å². The molecule has 42 heavy (non-hydrogen) atoms. The summed E-state index contributed by atoms with van der Waals surface area (Å²) < 4.78 is 2.70. The Morgan fingerprint density at radius 2 is 1.05 bits per heavy atom. The summed E-state index contributed by atoms with van der Waals surface area (Å²) in [6.45, 7) is 4.78. The molecule has 0 nitrogen and oxygen atoms in total. The highest BCUT2D eigenvalue weighted by Gasteiger charge is 2.37. The van der Waals surface area contributed by atoms with Gasteiger partial charge in [0.1, 0.15) is 0 Å². The Balaban J connectivity index is 1.11. The molecule has 0 unspecified atom stereocenters. The van der Waals surface area contributed by atoms with Crippen LogP contribution in [0.25, 0.3) is 53.6 Å². The highest BCUT2D eigenvalue weighted by molar-refractivity contribution is 8.05. The number of hydrogen-bond donors (Lipinski definition) is 0. The van der Waals surface area contributed by atoms with Gasteiger partial charge in [0.2, 0.25) is 0 Å². The van der Waals surface area contributed by atoms with Gasteiger partial charge in [-0.25, -0.2) is 0 Å². The van der Waals surface area contributed by atoms with Crippen molar-refractivity contribution in [3.05, 3.63) is 132 Å². The van der Waals surface area contributed by atoms with E-state index in [1.165, 1.54) is 84.3 Å². The first-order chi connectivity index (χ1) is 20.5. The molecule has 0 fully saturated rings. The Hall–Kier alpha value is -3.76. The number of hydrogen-bond acceptors (Lipinski definition) is 3. The number of fused-ring (bicyclic) bond motifs is 8. The van der Waals surface area contributed by atoms with E-state index in [4.69, 9.17) is 0 Å². The van der Waals surface area contributed by atoms with Crippen molar-refractivity contribution < 1.29 is 0 Å². The maximum Gasteiger partial charge on any atom is 0.0355 e. The molecule has 0 radical (unpaired) electrons. The van der Waals surface area contributed by atoms with E-state index in [0.29, 0.717) is 0 Å². The Kier molecular flexibility index (Phi) is 5.38. The summed E-state index contributed by atoms with van der Waals surface area (Å²) in [5, 5.41) is 2.69. The molecule has 1 aromatic heterocycles. The van der Waals surface area contributed by atoms with E-state index < -0.39 is 0 Å². The van der Waals surface area contributed by atoms with Crippen molar-refractivity contribution in [2.75, 3.05) is 0 Å². The molecule has 0 atom stereocenters. The standard InChI is InChI=1S/C39H26S3/c1-39(2)31-20-26(14-16-27(31)29-21-37-38(22-32(29)39)42-36-13-6-5-12-35(36)41-37)24-9-7-8-23(18-24)25-15-17-34-30(19-25)28-10-3-4-11-33(28)40-34/h3-22H,1-2H3. The number of thiophene rings is 1. The summed E-state index contributed by atoms with van der Waals surface area (Å²) in [5.41, 5.74) is 10.6. The van der Waals surface area contributed by atoms with E-state index in [1.807, 2.05) is 34.9 Å². The largest absolute Gasteiger partial charge is 0.135 e. The molecule has 200 valence electrons. The maximum absolute atomic E-state index is 2.46. The SMILES string of the molecule is CC1(C)c2cc(-c3cccc(-c4ccc5sc6ccccc6c5c4)c3)ccc2-c2cc3c(cc21)Sc1ccccc1S3. The van der Waals surface area contributed by atoms with Gasteiger partial charge in [0.15, 0.2) is 0 Å². The van der Waals surface area contributed by atoms with Gasteiger partial charge in [0, 0.05) is 45.2 Å². The van der Waals surface area contributed by atoms with E-state index in [-0.39, 0.29) is 5.41 Å². The molecule has 6 aromatic carbocycles. The highest BCUT2D eigenvalue weighted by Crippen LogP contribution is 2.56. The molecule has 0 amide bonds. The lowest BCUT2D eigenvalue weighted by Gasteiger charge is -2.24. The zero-order valence-electron chi connectivity index (χ0n) is 23.3. The molecule has 0 spiro atoms. The van der Waals surface area contributed by atoms with Gasteiger partial charge in [-0.2, -0.15) is 0 Å². The van der Waals surface area contributed by atoms with E-state index >= 15 is 0 Å². The molecule has 0 N–H and O–H groups in total. The Morgan fingerprint density at radius 1 is 0.429 bits per heavy atom. The molecule has 0 saturated carbocycles. The van der Waals surface area contributed by atoms with Crippen LogP contribution >= 0.6 is 34.9 Å². The van der Waals surface area contributed by atoms with E-state index in [0.717, 1.165) is 0 Å². The van der Waals surface area contributed by atoms with Gasteiger partial charge in [-0.1, -0.05) is 104 Å². The van der Waals surface area contributed by atoms with Crippen LogP contribution in [0.2, 0.25) is 0 Å². The highest BCUT2D eigenvalue weighted by atomic mass is 32.2. The van der Waals surface area contributed by atoms with Crippen LogP contribution in [0.15, 0.2) is 141 Å². The van der Waals surface area contributed by atoms with Crippen molar-refractivity contribution in [1.82, 2.24) is 0 Å². The van der Waals surface area contributed by atoms with Crippen molar-refractivity contribution in [2.24, 2.45) is 0 Å². The van der Waals surface area contributed by atoms with Gasteiger partial charge >= 0.3 is 0 Å². The fourth-order valence-corrected chi connectivity index (χ4v) is 10.1. The molecule has 9 rings (SSSR count). The summed E-state index contributed by atoms with van der Waals surface area (Å²) in [5.74, 6) is 0. The summed E-state index contributed by atoms with van der Waals surface area (Å²) in [6, 6.07) is 45.5. The third-order valence-corrected chi connectivity index (χ3v) is 12.6. The quantitative estimate of drug-likeness (QED) is 0.196. The second kappa shape index (κ2) is 9.12. The number of benzene rings is 6. The van der Waals surface area contributed by atoms with Crippen LogP contribution < -0.4 is 0 Å². The minimum absolute atomic E-state index is 0.0550. The summed E-state index contributed by atoms with van der Waals surface area (Å²) >= 11 is 5.69. The summed E-state index contributed by atoms with van der Waals surface area (Å²) in [7, 11) is 0. The zero-order valence-corrected chi connectivity index (χ0v) is 25.7. The normalized spacial score (nSPS) is 14.4. The molecule has 3 heteroatoms. The van der Waals surface area contributed by atoms with Gasteiger partial charge in [-0.15, -0.1) is 11.3 Å². The van der Waals surface area contributed by atoms with Crippen LogP contribution in [0.5, 0.6) is 0 Å². The predicted molar refractivity (Wildman–Crippen MR) is 182 cm³/mol. The van der Waals surface area contributed by atoms with Gasteiger partial charge < -0.3 is 0 Å². The van der Waals surface area contributed by atoms with E-state index in [1.54, 1.807) is 0 Å². The molecule has 0 bridgehead atoms. The second-order valence-electron chi connectivity index (χ2n) is 11.8. The third-order valence-electron chi connectivity index (χ3n) is 8.94. The molecule has 1 aliphatic heterocycles. The molecule has 1 aliphatic carbocycles. The fraction of sp³-hybridized carbons (Fsp3) is 0.0769. The fourth-order valence-electron chi connectivity index (χ4n) is 6.72. The molecule has 7 aromatic rings. The Morgan fingerprint density at radius 3 is 1.86 bits per heavy atom. The smallest absolute Gasteiger partial charge is 0.0355 e. The predicted octanol–water partition coefficient (Wildman–Crippen LogP) is 12.3. The van der Waals surface area contributed by atoms with Crippen LogP contribution in [0.3, 0.4) is 0 Å². The molecule has 2 aliphatic rings. The molecule has 2 heterocycles. The van der Waals surface area contributed by atoms with Gasteiger partial charge in [0.05, 0.1) is 0 Å². The van der Waals surface area contributed by atoms with Gasteiger partial charge in [-0.05, 0) is 99.1 Å². The van der Waals surface area contributed by atoms with Crippen LogP contribution in [-0.2, 0) is 5.41 Å². The first kappa shape index (κ1) is 24.8. The zero-order chi connectivity index (χ0) is 28.0. The first-order valence-electron chi connectivity index (χ1n) is 14.3. The summed E-state index contributed by atoms with van der Waals surface area (Å²) in [6.07, 6.45) is 0. The molecular formula is C39H26S3. The topological polar surface area (TPSA) is 0 Å². The Labute approximate surface area is 258 Å². The average Bonchev–Trinajstić information content (AvgIpc) is 3.50. The van der Waals surface area contributed by atoms with Crippen LogP contribution in [0, 0.1) is 0 Å². The van der Waals surface area contributed by atoms with Crippen molar-refractivity contribution in [3.63, 3.8) is 0 Å². The van der Waals surface area contributed by atoms with Crippen LogP contribution in [0.4, 0.5) is 0 Å². The molecule has 0 saturated heterocycles. The van der Waals surface area contributed by atoms with Crippen molar-refractivity contribution >= 4 is 55.0 Å². The lowest BCUT2D eigenvalue weighted by molar-refractivity contribution is 0.658. The van der Waals surface area contributed by atoms with E-state index in [2.05, 4.69) is 135 Å². The Bertz CT molecular complexity index is 2230. The maximum atomic E-state index is 2.46. The van der Waals surface area contributed by atoms with Gasteiger partial charge in [0.25, 0.3) is 0 Å². The number of rotatable bonds is 2. The first-order valence-corrected chi connectivity index (χ1v) is 16.8. The average molecular weight is 591 g/mol. The lowest BCUT2D eigenvalue weighted by Crippen LogP contribution is -2.15. The molecular weight excluding hydrogens is 565 g/mol. The van der Waals surface area contributed by atoms with Crippen molar-refractivity contribution in [3.8, 4) is 33.4 Å². The van der Waals surface area contributed by atoms with E-state index in [9.17, 15) is 0 Å². The third kappa shape index (κ3) is 3.70. The van der Waals surface area contributed by atoms with Crippen molar-refractivity contribution in [2.45, 2.75) is 38.8 Å². The van der Waals surface area contributed by atoms with Crippen molar-refractivity contribution in [1.29, 1.82) is 0 Å². The lowest BCUT2D eigenvalue weighted by atomic mass is 9.81. The van der Waals surface area contributed by atoms with Crippen LogP contribution in [-0.4, -0.2) is 0 Å². The second-order valence-corrected chi connectivity index (χ2v) is 15.0. The summed E-state index contributed by atoms with van der Waals surface area (Å²) in [4.78, 5) is 5.46. The monoisotopic (exact) mass is 590 g/mol. The minimum Gasteiger partial charge on any atom is -0.135 e. The van der Waals surface area contributed by atoms with Crippen LogP contribution in [0.1, 0.15) is 25.0 Å². The minimum atomic E-state index is -0.0550.